The monoisotopic (exact) mass is 303 g/mol. The summed E-state index contributed by atoms with van der Waals surface area (Å²) >= 11 is 0. The Labute approximate surface area is 134 Å². The van der Waals surface area contributed by atoms with E-state index in [-0.39, 0.29) is 12.4 Å². The molecular weight excluding hydrogens is 278 g/mol. The van der Waals surface area contributed by atoms with Crippen LogP contribution in [-0.4, -0.2) is 24.0 Å². The summed E-state index contributed by atoms with van der Waals surface area (Å²) in [5.74, 6) is 0. The molecule has 21 heavy (non-hydrogen) atoms. The molecule has 2 aromatic rings. The van der Waals surface area contributed by atoms with Crippen LogP contribution >= 0.6 is 12.4 Å². The molecule has 0 N–H and O–H groups in total. The number of rotatable bonds is 5. The normalized spacial score (nSPS) is 14.4. The first-order valence-corrected chi connectivity index (χ1v) is 8.07. The average molecular weight is 304 g/mol. The van der Waals surface area contributed by atoms with E-state index in [4.69, 9.17) is 0 Å². The molecule has 0 unspecified atom stereocenters. The number of benzene rings is 2. The molecule has 0 heterocycles. The van der Waals surface area contributed by atoms with E-state index in [0.717, 1.165) is 0 Å². The van der Waals surface area contributed by atoms with E-state index >= 15 is 0 Å². The highest BCUT2D eigenvalue weighted by Gasteiger charge is 2.24. The molecule has 0 aromatic heterocycles. The minimum atomic E-state index is 0. The van der Waals surface area contributed by atoms with Gasteiger partial charge in [0.1, 0.15) is 0 Å². The van der Waals surface area contributed by atoms with Gasteiger partial charge in [-0.05, 0) is 60.7 Å². The number of nitrogens with zero attached hydrogens (tertiary/aromatic N) is 1. The Bertz CT molecular complexity index is 546. The van der Waals surface area contributed by atoms with Gasteiger partial charge in [0.15, 0.2) is 0 Å². The van der Waals surface area contributed by atoms with Crippen LogP contribution in [0.15, 0.2) is 36.4 Å². The van der Waals surface area contributed by atoms with Gasteiger partial charge in [-0.3, -0.25) is 4.90 Å². The van der Waals surface area contributed by atoms with Crippen molar-refractivity contribution >= 4 is 23.2 Å². The fourth-order valence-corrected chi connectivity index (χ4v) is 3.73. The van der Waals surface area contributed by atoms with Crippen molar-refractivity contribution in [3.63, 3.8) is 0 Å². The predicted molar refractivity (Wildman–Crippen MR) is 94.5 cm³/mol. The Morgan fingerprint density at radius 1 is 0.905 bits per heavy atom. The maximum Gasteiger partial charge on any atom is 0.0176 e. The molecule has 0 spiro atoms. The van der Waals surface area contributed by atoms with E-state index in [1.165, 1.54) is 49.5 Å². The molecule has 1 aliphatic carbocycles. The Morgan fingerprint density at radius 3 is 1.90 bits per heavy atom. The van der Waals surface area contributed by atoms with Crippen molar-refractivity contribution < 1.29 is 0 Å². The summed E-state index contributed by atoms with van der Waals surface area (Å²) in [7, 11) is 0. The first-order chi connectivity index (χ1) is 9.83. The molecule has 2 heteroatoms. The number of hydrogen-bond acceptors (Lipinski definition) is 1. The summed E-state index contributed by atoms with van der Waals surface area (Å²) in [5.41, 5.74) is 3.10. The quantitative estimate of drug-likeness (QED) is 0.763. The van der Waals surface area contributed by atoms with Gasteiger partial charge in [-0.2, -0.15) is 0 Å². The summed E-state index contributed by atoms with van der Waals surface area (Å²) < 4.78 is 0. The second-order valence-corrected chi connectivity index (χ2v) is 6.03. The largest absolute Gasteiger partial charge is 0.300 e. The van der Waals surface area contributed by atoms with Crippen molar-refractivity contribution in [2.75, 3.05) is 13.1 Å². The van der Waals surface area contributed by atoms with Gasteiger partial charge < -0.3 is 0 Å². The summed E-state index contributed by atoms with van der Waals surface area (Å²) in [6.45, 7) is 7.05. The molecule has 0 bridgehead atoms. The van der Waals surface area contributed by atoms with Crippen molar-refractivity contribution in [1.29, 1.82) is 0 Å². The van der Waals surface area contributed by atoms with Gasteiger partial charge in [-0.15, -0.1) is 12.4 Å². The summed E-state index contributed by atoms with van der Waals surface area (Å²) in [6, 6.07) is 14.3. The van der Waals surface area contributed by atoms with Gasteiger partial charge in [0.05, 0.1) is 0 Å². The first kappa shape index (κ1) is 16.3. The van der Waals surface area contributed by atoms with E-state index in [1.807, 2.05) is 0 Å². The van der Waals surface area contributed by atoms with E-state index in [2.05, 4.69) is 55.1 Å². The Morgan fingerprint density at radius 2 is 1.43 bits per heavy atom. The van der Waals surface area contributed by atoms with Gasteiger partial charge in [0.25, 0.3) is 0 Å². The lowest BCUT2D eigenvalue weighted by molar-refractivity contribution is 0.192. The average Bonchev–Trinajstić information content (AvgIpc) is 2.47. The van der Waals surface area contributed by atoms with Crippen LogP contribution in [0.3, 0.4) is 0 Å². The van der Waals surface area contributed by atoms with Crippen molar-refractivity contribution in [3.05, 3.63) is 47.5 Å². The third-order valence-corrected chi connectivity index (χ3v) is 4.53. The SMILES string of the molecule is CCCN(CCC)C1Cc2cccc3cccc(c23)C1.Cl. The zero-order valence-corrected chi connectivity index (χ0v) is 14.0. The lowest BCUT2D eigenvalue weighted by Crippen LogP contribution is -2.41. The molecule has 0 saturated carbocycles. The van der Waals surface area contributed by atoms with Crippen LogP contribution in [-0.2, 0) is 12.8 Å². The Balaban J connectivity index is 0.00000161. The fraction of sp³-hybridized carbons (Fsp3) is 0.474. The molecule has 0 saturated heterocycles. The third kappa shape index (κ3) is 3.25. The minimum Gasteiger partial charge on any atom is -0.300 e. The fourth-order valence-electron chi connectivity index (χ4n) is 3.73. The zero-order valence-electron chi connectivity index (χ0n) is 13.1. The summed E-state index contributed by atoms with van der Waals surface area (Å²) in [6.07, 6.45) is 4.94. The summed E-state index contributed by atoms with van der Waals surface area (Å²) in [5, 5.41) is 2.94. The first-order valence-electron chi connectivity index (χ1n) is 8.07. The van der Waals surface area contributed by atoms with E-state index < -0.39 is 0 Å². The molecular formula is C19H26ClN. The second-order valence-electron chi connectivity index (χ2n) is 6.03. The Hall–Kier alpha value is -1.05. The lowest BCUT2D eigenvalue weighted by Gasteiger charge is -2.35. The number of hydrogen-bond donors (Lipinski definition) is 0. The standard InChI is InChI=1S/C19H25N.ClH/c1-3-11-20(12-4-2)18-13-16-9-5-7-15-8-6-10-17(14-18)19(15)16;/h5-10,18H,3-4,11-14H2,1-2H3;1H. The molecule has 0 atom stereocenters. The molecule has 1 nitrogen and oxygen atoms in total. The van der Waals surface area contributed by atoms with Gasteiger partial charge in [0, 0.05) is 6.04 Å². The molecule has 0 amide bonds. The second kappa shape index (κ2) is 7.29. The van der Waals surface area contributed by atoms with Crippen LogP contribution in [0.1, 0.15) is 37.8 Å². The highest BCUT2D eigenvalue weighted by atomic mass is 35.5. The van der Waals surface area contributed by atoms with E-state index in [9.17, 15) is 0 Å². The maximum absolute atomic E-state index is 2.70. The van der Waals surface area contributed by atoms with Crippen LogP contribution < -0.4 is 0 Å². The van der Waals surface area contributed by atoms with Crippen LogP contribution in [0.25, 0.3) is 10.8 Å². The van der Waals surface area contributed by atoms with Crippen LogP contribution in [0, 0.1) is 0 Å². The van der Waals surface area contributed by atoms with Crippen molar-refractivity contribution in [3.8, 4) is 0 Å². The topological polar surface area (TPSA) is 3.24 Å². The minimum absolute atomic E-state index is 0. The van der Waals surface area contributed by atoms with Crippen molar-refractivity contribution in [1.82, 2.24) is 4.90 Å². The van der Waals surface area contributed by atoms with E-state index in [1.54, 1.807) is 11.1 Å². The predicted octanol–water partition coefficient (Wildman–Crippen LogP) is 4.85. The van der Waals surface area contributed by atoms with Crippen LogP contribution in [0.4, 0.5) is 0 Å². The number of halogens is 1. The van der Waals surface area contributed by atoms with Crippen molar-refractivity contribution in [2.45, 2.75) is 45.6 Å². The maximum atomic E-state index is 2.70. The molecule has 114 valence electrons. The molecule has 3 rings (SSSR count). The third-order valence-electron chi connectivity index (χ3n) is 4.53. The molecule has 0 radical (unpaired) electrons. The Kier molecular flexibility index (Phi) is 5.66. The van der Waals surface area contributed by atoms with Crippen LogP contribution in [0.2, 0.25) is 0 Å². The van der Waals surface area contributed by atoms with Gasteiger partial charge >= 0.3 is 0 Å². The molecule has 0 aliphatic heterocycles. The molecule has 1 aliphatic rings. The molecule has 0 fully saturated rings. The summed E-state index contributed by atoms with van der Waals surface area (Å²) in [4.78, 5) is 2.70. The zero-order chi connectivity index (χ0) is 13.9. The van der Waals surface area contributed by atoms with Gasteiger partial charge in [0.2, 0.25) is 0 Å². The van der Waals surface area contributed by atoms with Crippen LogP contribution in [0.5, 0.6) is 0 Å². The highest BCUT2D eigenvalue weighted by Crippen LogP contribution is 2.31. The molecule has 2 aromatic carbocycles. The smallest absolute Gasteiger partial charge is 0.0176 e. The lowest BCUT2D eigenvalue weighted by atomic mass is 9.85. The van der Waals surface area contributed by atoms with Gasteiger partial charge in [-0.1, -0.05) is 50.2 Å². The van der Waals surface area contributed by atoms with Gasteiger partial charge in [-0.25, -0.2) is 0 Å². The van der Waals surface area contributed by atoms with E-state index in [0.29, 0.717) is 6.04 Å². The highest BCUT2D eigenvalue weighted by molar-refractivity contribution is 5.89. The van der Waals surface area contributed by atoms with Crippen molar-refractivity contribution in [2.24, 2.45) is 0 Å².